The standard InChI is InChI=1S/C29H43NO6S/c1-6-21-26(33)17(2)9-7-10-28(5)24(36-28)14-22(18(3)13-20-16-37-19(4)30-20)35-25(32)15-23(31)29(27(21)34)11-8-12-29/h13,16-17,21-24,26,31,33H,6-12,14-15H2,1-5H3/t17-,21+,22?,23-,24-,26-,28-/m0/s1. The van der Waals surface area contributed by atoms with E-state index in [0.29, 0.717) is 25.7 Å². The molecule has 8 heteroatoms. The number of cyclic esters (lactones) is 1. The second kappa shape index (κ2) is 11.2. The average molecular weight is 534 g/mol. The number of epoxide rings is 1. The van der Waals surface area contributed by atoms with Crippen molar-refractivity contribution in [1.29, 1.82) is 0 Å². The number of aliphatic hydroxyl groups is 2. The maximum atomic E-state index is 13.7. The van der Waals surface area contributed by atoms with Gasteiger partial charge in [-0.05, 0) is 70.4 Å². The summed E-state index contributed by atoms with van der Waals surface area (Å²) in [6.45, 7) is 9.90. The van der Waals surface area contributed by atoms with Crippen molar-refractivity contribution in [3.8, 4) is 0 Å². The number of thiazole rings is 1. The zero-order valence-corrected chi connectivity index (χ0v) is 23.7. The maximum absolute atomic E-state index is 13.7. The average Bonchev–Trinajstić information content (AvgIpc) is 3.24. The van der Waals surface area contributed by atoms with Crippen LogP contribution in [0.4, 0.5) is 0 Å². The molecule has 0 amide bonds. The highest BCUT2D eigenvalue weighted by Gasteiger charge is 2.55. The van der Waals surface area contributed by atoms with Crippen LogP contribution in [0, 0.1) is 24.2 Å². The Labute approximate surface area is 224 Å². The number of aryl methyl sites for hydroxylation is 1. The monoisotopic (exact) mass is 533 g/mol. The van der Waals surface area contributed by atoms with Gasteiger partial charge in [0.25, 0.3) is 0 Å². The van der Waals surface area contributed by atoms with Gasteiger partial charge in [0, 0.05) is 17.7 Å². The molecule has 4 rings (SSSR count). The summed E-state index contributed by atoms with van der Waals surface area (Å²) < 4.78 is 12.1. The molecule has 2 saturated heterocycles. The van der Waals surface area contributed by atoms with Crippen molar-refractivity contribution >= 4 is 29.2 Å². The molecule has 3 fully saturated rings. The molecule has 1 spiro atoms. The number of carbonyl (C=O) groups is 2. The first-order valence-corrected chi connectivity index (χ1v) is 14.7. The summed E-state index contributed by atoms with van der Waals surface area (Å²) in [5, 5.41) is 25.3. The van der Waals surface area contributed by atoms with Crippen LogP contribution in [-0.2, 0) is 19.1 Å². The minimum absolute atomic E-state index is 0.0354. The number of fused-ring (bicyclic) bond motifs is 1. The Hall–Kier alpha value is -1.61. The van der Waals surface area contributed by atoms with Gasteiger partial charge in [0.2, 0.25) is 0 Å². The Morgan fingerprint density at radius 3 is 2.57 bits per heavy atom. The molecule has 0 bridgehead atoms. The van der Waals surface area contributed by atoms with Crippen LogP contribution < -0.4 is 0 Å². The first-order valence-electron chi connectivity index (χ1n) is 13.9. The van der Waals surface area contributed by atoms with Crippen molar-refractivity contribution in [3.63, 3.8) is 0 Å². The van der Waals surface area contributed by atoms with E-state index in [0.717, 1.165) is 42.0 Å². The molecule has 7 atom stereocenters. The highest BCUT2D eigenvalue weighted by molar-refractivity contribution is 7.09. The lowest BCUT2D eigenvalue weighted by Crippen LogP contribution is -2.53. The molecule has 3 aliphatic rings. The van der Waals surface area contributed by atoms with Gasteiger partial charge >= 0.3 is 5.97 Å². The zero-order valence-electron chi connectivity index (χ0n) is 22.9. The number of nitrogens with zero attached hydrogens (tertiary/aromatic N) is 1. The number of esters is 1. The number of hydrogen-bond donors (Lipinski definition) is 2. The first kappa shape index (κ1) is 28.4. The molecule has 1 unspecified atom stereocenters. The number of ether oxygens (including phenoxy) is 2. The first-order chi connectivity index (χ1) is 17.5. The summed E-state index contributed by atoms with van der Waals surface area (Å²) in [4.78, 5) is 31.4. The van der Waals surface area contributed by atoms with Gasteiger partial charge in [-0.25, -0.2) is 4.98 Å². The molecule has 0 aromatic carbocycles. The maximum Gasteiger partial charge on any atom is 0.309 e. The van der Waals surface area contributed by atoms with E-state index < -0.39 is 35.6 Å². The van der Waals surface area contributed by atoms with Crippen molar-refractivity contribution in [1.82, 2.24) is 4.98 Å². The Morgan fingerprint density at radius 1 is 1.24 bits per heavy atom. The fourth-order valence-electron chi connectivity index (χ4n) is 6.26. The van der Waals surface area contributed by atoms with E-state index in [2.05, 4.69) is 11.9 Å². The van der Waals surface area contributed by atoms with Crippen LogP contribution in [0.3, 0.4) is 0 Å². The smallest absolute Gasteiger partial charge is 0.309 e. The lowest BCUT2D eigenvalue weighted by Gasteiger charge is -2.46. The quantitative estimate of drug-likeness (QED) is 0.415. The summed E-state index contributed by atoms with van der Waals surface area (Å²) in [5.74, 6) is -1.21. The van der Waals surface area contributed by atoms with Gasteiger partial charge in [-0.3, -0.25) is 9.59 Å². The number of ketones is 1. The number of carbonyl (C=O) groups excluding carboxylic acids is 2. The number of aromatic nitrogens is 1. The Kier molecular flexibility index (Phi) is 8.63. The van der Waals surface area contributed by atoms with E-state index in [-0.39, 0.29) is 29.8 Å². The van der Waals surface area contributed by atoms with Crippen LogP contribution in [-0.4, -0.2) is 57.0 Å². The van der Waals surface area contributed by atoms with Gasteiger partial charge < -0.3 is 19.7 Å². The van der Waals surface area contributed by atoms with E-state index in [1.165, 1.54) is 0 Å². The Bertz CT molecular complexity index is 1020. The largest absolute Gasteiger partial charge is 0.458 e. The molecule has 1 saturated carbocycles. The molecule has 2 aliphatic heterocycles. The normalized spacial score (nSPS) is 37.5. The minimum atomic E-state index is -1.13. The van der Waals surface area contributed by atoms with E-state index in [1.54, 1.807) is 11.3 Å². The zero-order chi connectivity index (χ0) is 27.0. The summed E-state index contributed by atoms with van der Waals surface area (Å²) >= 11 is 1.57. The van der Waals surface area contributed by atoms with E-state index >= 15 is 0 Å². The molecule has 1 aromatic heterocycles. The van der Waals surface area contributed by atoms with Crippen LogP contribution in [0.1, 0.15) is 96.2 Å². The van der Waals surface area contributed by atoms with Gasteiger partial charge in [0.05, 0.1) is 46.5 Å². The molecule has 37 heavy (non-hydrogen) atoms. The van der Waals surface area contributed by atoms with Crippen molar-refractivity contribution in [2.24, 2.45) is 17.3 Å². The minimum Gasteiger partial charge on any atom is -0.458 e. The molecular formula is C29H43NO6S. The summed E-state index contributed by atoms with van der Waals surface area (Å²) in [7, 11) is 0. The lowest BCUT2D eigenvalue weighted by molar-refractivity contribution is -0.162. The number of rotatable bonds is 3. The van der Waals surface area contributed by atoms with Crippen LogP contribution >= 0.6 is 11.3 Å². The second-order valence-electron chi connectivity index (χ2n) is 11.8. The van der Waals surface area contributed by atoms with E-state index in [1.807, 2.05) is 39.2 Å². The Morgan fingerprint density at radius 2 is 1.97 bits per heavy atom. The molecule has 0 radical (unpaired) electrons. The van der Waals surface area contributed by atoms with Crippen molar-refractivity contribution in [2.45, 2.75) is 122 Å². The van der Waals surface area contributed by atoms with Gasteiger partial charge in [-0.1, -0.05) is 26.7 Å². The highest BCUT2D eigenvalue weighted by atomic mass is 32.1. The fourth-order valence-corrected chi connectivity index (χ4v) is 6.83. The summed E-state index contributed by atoms with van der Waals surface area (Å²) in [6.07, 6.45) is 4.74. The molecule has 3 heterocycles. The van der Waals surface area contributed by atoms with Gasteiger partial charge in [0.1, 0.15) is 11.9 Å². The topological polar surface area (TPSA) is 109 Å². The SMILES string of the molecule is CC[C@H]1C(=O)C2(CCC2)[C@@H](O)CC(=O)OC(C(C)=Cc2csc(C)n2)C[C@@H]2O[C@@]2(C)CCC[C@H](C)[C@@H]1O. The van der Waals surface area contributed by atoms with Crippen molar-refractivity contribution in [3.05, 3.63) is 21.7 Å². The molecule has 1 aliphatic carbocycles. The predicted octanol–water partition coefficient (Wildman–Crippen LogP) is 5.01. The van der Waals surface area contributed by atoms with Gasteiger partial charge in [0.15, 0.2) is 0 Å². The molecule has 206 valence electrons. The highest BCUT2D eigenvalue weighted by Crippen LogP contribution is 2.49. The number of aliphatic hydroxyl groups excluding tert-OH is 2. The fraction of sp³-hybridized carbons (Fsp3) is 0.759. The third kappa shape index (κ3) is 6.02. The third-order valence-electron chi connectivity index (χ3n) is 9.10. The van der Waals surface area contributed by atoms with E-state index in [4.69, 9.17) is 9.47 Å². The van der Waals surface area contributed by atoms with Crippen LogP contribution in [0.25, 0.3) is 6.08 Å². The van der Waals surface area contributed by atoms with Gasteiger partial charge in [-0.15, -0.1) is 11.3 Å². The predicted molar refractivity (Wildman–Crippen MR) is 143 cm³/mol. The third-order valence-corrected chi connectivity index (χ3v) is 9.89. The molecular weight excluding hydrogens is 490 g/mol. The molecule has 7 nitrogen and oxygen atoms in total. The van der Waals surface area contributed by atoms with Crippen molar-refractivity contribution in [2.75, 3.05) is 0 Å². The Balaban J connectivity index is 1.59. The molecule has 2 N–H and O–H groups in total. The summed E-state index contributed by atoms with van der Waals surface area (Å²) in [5.41, 5.74) is 0.442. The van der Waals surface area contributed by atoms with Crippen LogP contribution in [0.2, 0.25) is 0 Å². The number of hydrogen-bond acceptors (Lipinski definition) is 8. The lowest BCUT2D eigenvalue weighted by atomic mass is 9.58. The number of Topliss-reactive ketones (excluding diaryl/α,β-unsaturated/α-hetero) is 1. The summed E-state index contributed by atoms with van der Waals surface area (Å²) in [6, 6.07) is 0. The molecule has 1 aromatic rings. The van der Waals surface area contributed by atoms with Gasteiger partial charge in [-0.2, -0.15) is 0 Å². The van der Waals surface area contributed by atoms with Crippen LogP contribution in [0.15, 0.2) is 11.0 Å². The second-order valence-corrected chi connectivity index (χ2v) is 12.8. The van der Waals surface area contributed by atoms with E-state index in [9.17, 15) is 19.8 Å². The van der Waals surface area contributed by atoms with Crippen LogP contribution in [0.5, 0.6) is 0 Å². The van der Waals surface area contributed by atoms with Crippen molar-refractivity contribution < 1.29 is 29.3 Å².